The molecule has 1 aromatic heterocycles. The third-order valence-electron chi connectivity index (χ3n) is 4.81. The number of imidazole rings is 1. The van der Waals surface area contributed by atoms with Crippen LogP contribution in [0.25, 0.3) is 11.0 Å². The summed E-state index contributed by atoms with van der Waals surface area (Å²) >= 11 is 0. The van der Waals surface area contributed by atoms with E-state index in [1.165, 1.54) is 12.1 Å². The third kappa shape index (κ3) is 2.14. The van der Waals surface area contributed by atoms with E-state index in [9.17, 15) is 9.18 Å². The summed E-state index contributed by atoms with van der Waals surface area (Å²) in [5.41, 5.74) is 4.68. The molecule has 2 heterocycles. The van der Waals surface area contributed by atoms with E-state index in [1.807, 2.05) is 48.5 Å². The third-order valence-corrected chi connectivity index (χ3v) is 4.81. The van der Waals surface area contributed by atoms with Crippen LogP contribution in [0.5, 0.6) is 0 Å². The van der Waals surface area contributed by atoms with Gasteiger partial charge >= 0.3 is 0 Å². The number of aromatic amines is 1. The first-order valence-corrected chi connectivity index (χ1v) is 8.33. The van der Waals surface area contributed by atoms with Crippen molar-refractivity contribution in [3.05, 3.63) is 95.6 Å². The van der Waals surface area contributed by atoms with E-state index < -0.39 is 0 Å². The van der Waals surface area contributed by atoms with E-state index in [0.717, 1.165) is 27.8 Å². The fourth-order valence-electron chi connectivity index (χ4n) is 3.66. The molecule has 1 aliphatic rings. The lowest BCUT2D eigenvalue weighted by molar-refractivity contribution is 0.0993. The van der Waals surface area contributed by atoms with Gasteiger partial charge in [-0.05, 0) is 47.5 Å². The molecule has 26 heavy (non-hydrogen) atoms. The first-order valence-electron chi connectivity index (χ1n) is 8.33. The van der Waals surface area contributed by atoms with E-state index in [1.54, 1.807) is 17.3 Å². The number of anilines is 1. The highest BCUT2D eigenvalue weighted by atomic mass is 19.1. The Kier molecular flexibility index (Phi) is 3.15. The van der Waals surface area contributed by atoms with Crippen LogP contribution in [0.15, 0.2) is 73.1 Å². The maximum absolute atomic E-state index is 13.9. The van der Waals surface area contributed by atoms with Crippen molar-refractivity contribution in [2.75, 3.05) is 4.90 Å². The molecular formula is C21H14FN3O. The molecule has 0 saturated heterocycles. The van der Waals surface area contributed by atoms with Crippen LogP contribution in [0.2, 0.25) is 0 Å². The van der Waals surface area contributed by atoms with Crippen LogP contribution in [0, 0.1) is 5.82 Å². The van der Waals surface area contributed by atoms with Gasteiger partial charge in [-0.3, -0.25) is 9.69 Å². The predicted octanol–water partition coefficient (Wildman–Crippen LogP) is 4.45. The maximum atomic E-state index is 13.9. The second-order valence-electron chi connectivity index (χ2n) is 6.32. The molecule has 1 atom stereocenters. The zero-order valence-electron chi connectivity index (χ0n) is 13.7. The number of halogens is 1. The summed E-state index contributed by atoms with van der Waals surface area (Å²) in [6.07, 6.45) is 1.62. The SMILES string of the molecule is O=C1c2ccccc2C(c2cccc(F)c2)N1c1ccc2[nH]cnc2c1. The molecule has 1 N–H and O–H groups in total. The Hall–Kier alpha value is -3.47. The number of amides is 1. The number of carbonyl (C=O) groups is 1. The fraction of sp³-hybridized carbons (Fsp3) is 0.0476. The molecular weight excluding hydrogens is 329 g/mol. The van der Waals surface area contributed by atoms with Gasteiger partial charge < -0.3 is 4.98 Å². The Bertz CT molecular complexity index is 1150. The van der Waals surface area contributed by atoms with Crippen molar-refractivity contribution in [2.24, 2.45) is 0 Å². The van der Waals surface area contributed by atoms with Gasteiger partial charge in [0.25, 0.3) is 5.91 Å². The summed E-state index contributed by atoms with van der Waals surface area (Å²) in [6.45, 7) is 0. The lowest BCUT2D eigenvalue weighted by Gasteiger charge is -2.26. The Labute approximate surface area is 148 Å². The monoisotopic (exact) mass is 343 g/mol. The van der Waals surface area contributed by atoms with Crippen molar-refractivity contribution in [1.29, 1.82) is 0 Å². The summed E-state index contributed by atoms with van der Waals surface area (Å²) < 4.78 is 13.9. The van der Waals surface area contributed by atoms with Gasteiger partial charge in [0.2, 0.25) is 0 Å². The van der Waals surface area contributed by atoms with Crippen LogP contribution < -0.4 is 4.90 Å². The number of benzene rings is 3. The largest absolute Gasteiger partial charge is 0.345 e. The summed E-state index contributed by atoms with van der Waals surface area (Å²) in [4.78, 5) is 22.2. The first kappa shape index (κ1) is 14.8. The van der Waals surface area contributed by atoms with Crippen molar-refractivity contribution in [3.8, 4) is 0 Å². The zero-order chi connectivity index (χ0) is 17.7. The minimum absolute atomic E-state index is 0.0928. The topological polar surface area (TPSA) is 49.0 Å². The molecule has 3 aromatic carbocycles. The summed E-state index contributed by atoms with van der Waals surface area (Å²) in [5.74, 6) is -0.410. The molecule has 1 unspecified atom stereocenters. The van der Waals surface area contributed by atoms with E-state index in [2.05, 4.69) is 9.97 Å². The molecule has 4 aromatic rings. The second kappa shape index (κ2) is 5.52. The van der Waals surface area contributed by atoms with Crippen LogP contribution in [0.3, 0.4) is 0 Å². The lowest BCUT2D eigenvalue weighted by Crippen LogP contribution is -2.28. The van der Waals surface area contributed by atoms with Gasteiger partial charge in [-0.25, -0.2) is 9.37 Å². The van der Waals surface area contributed by atoms with Gasteiger partial charge in [0, 0.05) is 11.3 Å². The summed E-state index contributed by atoms with van der Waals surface area (Å²) in [5, 5.41) is 0. The minimum atomic E-state index is -0.370. The number of aromatic nitrogens is 2. The average molecular weight is 343 g/mol. The zero-order valence-corrected chi connectivity index (χ0v) is 13.7. The van der Waals surface area contributed by atoms with Gasteiger partial charge in [-0.1, -0.05) is 30.3 Å². The molecule has 1 amide bonds. The normalized spacial score (nSPS) is 16.3. The predicted molar refractivity (Wildman–Crippen MR) is 97.6 cm³/mol. The van der Waals surface area contributed by atoms with E-state index in [0.29, 0.717) is 5.56 Å². The molecule has 126 valence electrons. The van der Waals surface area contributed by atoms with Gasteiger partial charge in [0.05, 0.1) is 23.4 Å². The van der Waals surface area contributed by atoms with Crippen LogP contribution in [-0.4, -0.2) is 15.9 Å². The number of H-pyrrole nitrogens is 1. The molecule has 1 aliphatic heterocycles. The minimum Gasteiger partial charge on any atom is -0.345 e. The standard InChI is InChI=1S/C21H14FN3O/c22-14-5-3-4-13(10-14)20-16-6-1-2-7-17(16)21(26)25(20)15-8-9-18-19(11-15)24-12-23-18/h1-12,20H,(H,23,24). The molecule has 0 saturated carbocycles. The number of nitrogens with zero attached hydrogens (tertiary/aromatic N) is 2. The molecule has 0 radical (unpaired) electrons. The van der Waals surface area contributed by atoms with Crippen molar-refractivity contribution >= 4 is 22.6 Å². The van der Waals surface area contributed by atoms with Crippen molar-refractivity contribution in [2.45, 2.75) is 6.04 Å². The van der Waals surface area contributed by atoms with Gasteiger partial charge in [0.15, 0.2) is 0 Å². The van der Waals surface area contributed by atoms with Crippen LogP contribution in [0.4, 0.5) is 10.1 Å². The van der Waals surface area contributed by atoms with Gasteiger partial charge in [-0.15, -0.1) is 0 Å². The smallest absolute Gasteiger partial charge is 0.259 e. The van der Waals surface area contributed by atoms with Crippen molar-refractivity contribution in [1.82, 2.24) is 9.97 Å². The van der Waals surface area contributed by atoms with Crippen LogP contribution in [0.1, 0.15) is 27.5 Å². The molecule has 0 bridgehead atoms. The first-order chi connectivity index (χ1) is 12.7. The Morgan fingerprint density at radius 2 is 1.88 bits per heavy atom. The van der Waals surface area contributed by atoms with Crippen LogP contribution in [-0.2, 0) is 0 Å². The lowest BCUT2D eigenvalue weighted by atomic mass is 9.97. The number of fused-ring (bicyclic) bond motifs is 2. The molecule has 5 rings (SSSR count). The molecule has 0 fully saturated rings. The molecule has 0 spiro atoms. The van der Waals surface area contributed by atoms with Crippen LogP contribution >= 0.6 is 0 Å². The summed E-state index contributed by atoms with van der Waals surface area (Å²) in [6, 6.07) is 19.2. The quantitative estimate of drug-likeness (QED) is 0.584. The Morgan fingerprint density at radius 3 is 2.77 bits per heavy atom. The number of hydrogen-bond donors (Lipinski definition) is 1. The highest BCUT2D eigenvalue weighted by Gasteiger charge is 2.38. The molecule has 4 nitrogen and oxygen atoms in total. The van der Waals surface area contributed by atoms with Crippen molar-refractivity contribution < 1.29 is 9.18 Å². The van der Waals surface area contributed by atoms with E-state index >= 15 is 0 Å². The fourth-order valence-corrected chi connectivity index (χ4v) is 3.66. The molecule has 0 aliphatic carbocycles. The van der Waals surface area contributed by atoms with Gasteiger partial charge in [-0.2, -0.15) is 0 Å². The highest BCUT2D eigenvalue weighted by Crippen LogP contribution is 2.42. The van der Waals surface area contributed by atoms with E-state index in [-0.39, 0.29) is 17.8 Å². The van der Waals surface area contributed by atoms with Crippen molar-refractivity contribution in [3.63, 3.8) is 0 Å². The van der Waals surface area contributed by atoms with E-state index in [4.69, 9.17) is 0 Å². The average Bonchev–Trinajstić information content (AvgIpc) is 3.24. The number of nitrogens with one attached hydrogen (secondary N) is 1. The molecule has 5 heteroatoms. The highest BCUT2D eigenvalue weighted by molar-refractivity contribution is 6.12. The second-order valence-corrected chi connectivity index (χ2v) is 6.32. The maximum Gasteiger partial charge on any atom is 0.259 e. The number of rotatable bonds is 2. The number of hydrogen-bond acceptors (Lipinski definition) is 2. The van der Waals surface area contributed by atoms with Gasteiger partial charge in [0.1, 0.15) is 5.82 Å². The Morgan fingerprint density at radius 1 is 1.00 bits per heavy atom. The Balaban J connectivity index is 1.72. The summed E-state index contributed by atoms with van der Waals surface area (Å²) in [7, 11) is 0. The number of carbonyl (C=O) groups excluding carboxylic acids is 1.